The summed E-state index contributed by atoms with van der Waals surface area (Å²) in [5.74, 6) is -0.370. The molecule has 0 aliphatic heterocycles. The SMILES string of the molecule is C=CCC12CC(C(=O)OC)=C(NCc3ccccc3)C=C1c1ccccc1C2=O. The van der Waals surface area contributed by atoms with Crippen LogP contribution in [0.2, 0.25) is 0 Å². The van der Waals surface area contributed by atoms with Crippen molar-refractivity contribution in [3.8, 4) is 0 Å². The highest BCUT2D eigenvalue weighted by molar-refractivity contribution is 6.18. The zero-order valence-electron chi connectivity index (χ0n) is 16.4. The Morgan fingerprint density at radius 3 is 2.52 bits per heavy atom. The molecule has 29 heavy (non-hydrogen) atoms. The number of allylic oxidation sites excluding steroid dienone is 3. The molecule has 146 valence electrons. The van der Waals surface area contributed by atoms with Crippen molar-refractivity contribution in [3.05, 3.63) is 101 Å². The highest BCUT2D eigenvalue weighted by Gasteiger charge is 2.51. The molecule has 1 unspecified atom stereocenters. The molecule has 4 nitrogen and oxygen atoms in total. The number of benzene rings is 2. The van der Waals surface area contributed by atoms with Crippen LogP contribution in [-0.2, 0) is 16.1 Å². The van der Waals surface area contributed by atoms with Gasteiger partial charge in [-0.2, -0.15) is 0 Å². The molecule has 2 aromatic rings. The van der Waals surface area contributed by atoms with Crippen LogP contribution in [0.25, 0.3) is 5.57 Å². The molecule has 0 saturated carbocycles. The van der Waals surface area contributed by atoms with E-state index in [-0.39, 0.29) is 5.78 Å². The molecule has 0 saturated heterocycles. The second kappa shape index (κ2) is 7.55. The number of carbonyl (C=O) groups excluding carboxylic acids is 2. The summed E-state index contributed by atoms with van der Waals surface area (Å²) in [5.41, 5.74) is 4.09. The Bertz CT molecular complexity index is 1050. The maximum Gasteiger partial charge on any atom is 0.335 e. The van der Waals surface area contributed by atoms with E-state index in [2.05, 4.69) is 11.9 Å². The van der Waals surface area contributed by atoms with Gasteiger partial charge >= 0.3 is 5.97 Å². The minimum absolute atomic E-state index is 0.0442. The largest absolute Gasteiger partial charge is 0.466 e. The van der Waals surface area contributed by atoms with Crippen LogP contribution in [0.3, 0.4) is 0 Å². The van der Waals surface area contributed by atoms with Gasteiger partial charge in [-0.25, -0.2) is 4.79 Å². The van der Waals surface area contributed by atoms with Crippen LogP contribution < -0.4 is 5.32 Å². The second-order valence-electron chi connectivity index (χ2n) is 7.41. The number of carbonyl (C=O) groups is 2. The van der Waals surface area contributed by atoms with E-state index in [1.165, 1.54) is 7.11 Å². The predicted molar refractivity (Wildman–Crippen MR) is 113 cm³/mol. The van der Waals surface area contributed by atoms with E-state index in [4.69, 9.17) is 4.74 Å². The molecule has 4 rings (SSSR count). The minimum atomic E-state index is -0.799. The molecule has 1 N–H and O–H groups in total. The number of methoxy groups -OCH3 is 1. The molecule has 0 heterocycles. The van der Waals surface area contributed by atoms with Gasteiger partial charge in [0.25, 0.3) is 0 Å². The summed E-state index contributed by atoms with van der Waals surface area (Å²) in [6, 6.07) is 17.6. The van der Waals surface area contributed by atoms with Gasteiger partial charge in [0.2, 0.25) is 0 Å². The highest BCUT2D eigenvalue weighted by atomic mass is 16.5. The van der Waals surface area contributed by atoms with Gasteiger partial charge < -0.3 is 10.1 Å². The van der Waals surface area contributed by atoms with Gasteiger partial charge in [0.1, 0.15) is 0 Å². The van der Waals surface area contributed by atoms with Gasteiger partial charge in [-0.05, 0) is 35.6 Å². The monoisotopic (exact) mass is 385 g/mol. The summed E-state index contributed by atoms with van der Waals surface area (Å²) in [5, 5.41) is 3.39. The summed E-state index contributed by atoms with van der Waals surface area (Å²) in [4.78, 5) is 26.0. The third kappa shape index (κ3) is 3.11. The molecule has 0 fully saturated rings. The zero-order chi connectivity index (χ0) is 20.4. The zero-order valence-corrected chi connectivity index (χ0v) is 16.4. The Labute approximate surface area is 170 Å². The first-order valence-corrected chi connectivity index (χ1v) is 9.67. The summed E-state index contributed by atoms with van der Waals surface area (Å²) in [7, 11) is 1.37. The number of rotatable bonds is 6. The van der Waals surface area contributed by atoms with Crippen LogP contribution in [-0.4, -0.2) is 18.9 Å². The lowest BCUT2D eigenvalue weighted by molar-refractivity contribution is -0.136. The van der Waals surface area contributed by atoms with Crippen molar-refractivity contribution < 1.29 is 14.3 Å². The number of ketones is 1. The number of hydrogen-bond donors (Lipinski definition) is 1. The maximum atomic E-state index is 13.4. The van der Waals surface area contributed by atoms with Gasteiger partial charge in [0.05, 0.1) is 18.1 Å². The van der Waals surface area contributed by atoms with E-state index in [1.807, 2.05) is 60.7 Å². The molecule has 2 aliphatic carbocycles. The third-order valence-electron chi connectivity index (χ3n) is 5.75. The normalized spacial score (nSPS) is 19.9. The molecule has 1 atom stereocenters. The summed E-state index contributed by atoms with van der Waals surface area (Å²) in [6.45, 7) is 4.44. The van der Waals surface area contributed by atoms with Crippen LogP contribution >= 0.6 is 0 Å². The lowest BCUT2D eigenvalue weighted by Gasteiger charge is -2.33. The lowest BCUT2D eigenvalue weighted by Crippen LogP contribution is -2.34. The van der Waals surface area contributed by atoms with Crippen molar-refractivity contribution in [2.45, 2.75) is 19.4 Å². The minimum Gasteiger partial charge on any atom is -0.466 e. The van der Waals surface area contributed by atoms with Gasteiger partial charge in [0, 0.05) is 17.8 Å². The first-order chi connectivity index (χ1) is 14.1. The molecule has 2 aliphatic rings. The van der Waals surface area contributed by atoms with Crippen LogP contribution in [0, 0.1) is 5.41 Å². The van der Waals surface area contributed by atoms with E-state index in [0.29, 0.717) is 36.2 Å². The highest BCUT2D eigenvalue weighted by Crippen LogP contribution is 2.55. The number of nitrogens with one attached hydrogen (secondary N) is 1. The van der Waals surface area contributed by atoms with Gasteiger partial charge in [-0.15, -0.1) is 6.58 Å². The smallest absolute Gasteiger partial charge is 0.335 e. The molecule has 0 aromatic heterocycles. The van der Waals surface area contributed by atoms with Gasteiger partial charge in [-0.3, -0.25) is 4.79 Å². The topological polar surface area (TPSA) is 55.4 Å². The van der Waals surface area contributed by atoms with E-state index in [0.717, 1.165) is 16.7 Å². The van der Waals surface area contributed by atoms with Crippen molar-refractivity contribution >= 4 is 17.3 Å². The first-order valence-electron chi connectivity index (χ1n) is 9.67. The number of hydrogen-bond acceptors (Lipinski definition) is 4. The Morgan fingerprint density at radius 2 is 1.83 bits per heavy atom. The standard InChI is InChI=1S/C25H23NO3/c1-3-13-25-15-20(24(28)29-2)22(26-16-17-9-5-4-6-10-17)14-21(25)18-11-7-8-12-19(18)23(25)27/h3-12,14,26H,1,13,15-16H2,2H3. The number of Topliss-reactive ketones (excluding diaryl/α,β-unsaturated/α-hetero) is 1. The summed E-state index contributed by atoms with van der Waals surface area (Å²) >= 11 is 0. The maximum absolute atomic E-state index is 13.4. The van der Waals surface area contributed by atoms with Crippen LogP contribution in [0.5, 0.6) is 0 Å². The Hall–Kier alpha value is -3.40. The van der Waals surface area contributed by atoms with Crippen molar-refractivity contribution in [1.29, 1.82) is 0 Å². The van der Waals surface area contributed by atoms with Crippen molar-refractivity contribution in [3.63, 3.8) is 0 Å². The molecule has 0 radical (unpaired) electrons. The number of ether oxygens (including phenoxy) is 1. The fourth-order valence-electron chi connectivity index (χ4n) is 4.35. The van der Waals surface area contributed by atoms with Crippen molar-refractivity contribution in [2.75, 3.05) is 7.11 Å². The van der Waals surface area contributed by atoms with Gasteiger partial charge in [0.15, 0.2) is 5.78 Å². The third-order valence-corrected chi connectivity index (χ3v) is 5.75. The Balaban J connectivity index is 1.81. The van der Waals surface area contributed by atoms with Crippen LogP contribution in [0.4, 0.5) is 0 Å². The van der Waals surface area contributed by atoms with E-state index >= 15 is 0 Å². The molecule has 4 heteroatoms. The molecular weight excluding hydrogens is 362 g/mol. The molecule has 0 bridgehead atoms. The summed E-state index contributed by atoms with van der Waals surface area (Å²) < 4.78 is 5.05. The van der Waals surface area contributed by atoms with E-state index < -0.39 is 11.4 Å². The quantitative estimate of drug-likeness (QED) is 0.590. The fraction of sp³-hybridized carbons (Fsp3) is 0.200. The lowest BCUT2D eigenvalue weighted by atomic mass is 9.69. The van der Waals surface area contributed by atoms with Gasteiger partial charge in [-0.1, -0.05) is 60.7 Å². The predicted octanol–water partition coefficient (Wildman–Crippen LogP) is 4.45. The molecule has 0 spiro atoms. The van der Waals surface area contributed by atoms with Crippen LogP contribution in [0.15, 0.2) is 84.6 Å². The average molecular weight is 385 g/mol. The van der Waals surface area contributed by atoms with Crippen LogP contribution in [0.1, 0.15) is 34.3 Å². The fourth-order valence-corrected chi connectivity index (χ4v) is 4.35. The Kier molecular flexibility index (Phi) is 4.93. The molecule has 2 aromatic carbocycles. The van der Waals surface area contributed by atoms with Crippen molar-refractivity contribution in [2.24, 2.45) is 5.41 Å². The number of fused-ring (bicyclic) bond motifs is 3. The second-order valence-corrected chi connectivity index (χ2v) is 7.41. The molecular formula is C25H23NO3. The van der Waals surface area contributed by atoms with E-state index in [9.17, 15) is 9.59 Å². The molecule has 0 amide bonds. The Morgan fingerprint density at radius 1 is 1.14 bits per heavy atom. The van der Waals surface area contributed by atoms with Crippen molar-refractivity contribution in [1.82, 2.24) is 5.32 Å². The summed E-state index contributed by atoms with van der Waals surface area (Å²) in [6.07, 6.45) is 4.47. The van der Waals surface area contributed by atoms with E-state index in [1.54, 1.807) is 6.08 Å². The first kappa shape index (κ1) is 18.9. The number of esters is 1. The average Bonchev–Trinajstić information content (AvgIpc) is 3.00.